The number of H-pyrrole nitrogens is 1. The van der Waals surface area contributed by atoms with Crippen molar-refractivity contribution in [3.05, 3.63) is 18.2 Å². The van der Waals surface area contributed by atoms with Crippen LogP contribution >= 0.6 is 15.9 Å². The Balaban J connectivity index is 2.31. The molecular formula is C8H13BrN2. The van der Waals surface area contributed by atoms with Gasteiger partial charge in [-0.1, -0.05) is 29.3 Å². The van der Waals surface area contributed by atoms with Gasteiger partial charge in [0.2, 0.25) is 0 Å². The van der Waals surface area contributed by atoms with E-state index in [9.17, 15) is 0 Å². The van der Waals surface area contributed by atoms with Crippen LogP contribution in [0.3, 0.4) is 0 Å². The van der Waals surface area contributed by atoms with Crippen molar-refractivity contribution in [3.63, 3.8) is 0 Å². The molecule has 1 rings (SSSR count). The van der Waals surface area contributed by atoms with Crippen LogP contribution in [-0.2, 0) is 6.42 Å². The third kappa shape index (κ3) is 3.06. The summed E-state index contributed by atoms with van der Waals surface area (Å²) in [6.45, 7) is 2.19. The number of hydrogen-bond acceptors (Lipinski definition) is 1. The molecule has 1 atom stereocenters. The van der Waals surface area contributed by atoms with E-state index in [1.807, 2.05) is 6.20 Å². The van der Waals surface area contributed by atoms with Crippen molar-refractivity contribution >= 4 is 15.9 Å². The highest BCUT2D eigenvalue weighted by molar-refractivity contribution is 9.09. The lowest BCUT2D eigenvalue weighted by molar-refractivity contribution is 0.725. The Kier molecular flexibility index (Phi) is 3.63. The Morgan fingerprint density at radius 2 is 2.55 bits per heavy atom. The van der Waals surface area contributed by atoms with E-state index in [0.29, 0.717) is 4.83 Å². The van der Waals surface area contributed by atoms with Gasteiger partial charge in [-0.15, -0.1) is 0 Å². The van der Waals surface area contributed by atoms with E-state index in [-0.39, 0.29) is 0 Å². The van der Waals surface area contributed by atoms with Gasteiger partial charge >= 0.3 is 0 Å². The number of halogens is 1. The first kappa shape index (κ1) is 8.78. The van der Waals surface area contributed by atoms with E-state index in [0.717, 1.165) is 12.2 Å². The number of hydrogen-bond donors (Lipinski definition) is 1. The highest BCUT2D eigenvalue weighted by atomic mass is 79.9. The summed E-state index contributed by atoms with van der Waals surface area (Å²) in [4.78, 5) is 7.81. The fourth-order valence-corrected chi connectivity index (χ4v) is 1.80. The van der Waals surface area contributed by atoms with Gasteiger partial charge in [0, 0.05) is 23.6 Å². The van der Waals surface area contributed by atoms with Crippen LogP contribution in [0.25, 0.3) is 0 Å². The highest BCUT2D eigenvalue weighted by Crippen LogP contribution is 2.11. The lowest BCUT2D eigenvalue weighted by Gasteiger charge is -2.04. The smallest absolute Gasteiger partial charge is 0.107 e. The predicted octanol–water partition coefficient (Wildman–Crippen LogP) is 2.52. The summed E-state index contributed by atoms with van der Waals surface area (Å²) >= 11 is 3.60. The van der Waals surface area contributed by atoms with Gasteiger partial charge in [-0.2, -0.15) is 0 Å². The molecule has 0 amide bonds. The molecule has 62 valence electrons. The van der Waals surface area contributed by atoms with Crippen molar-refractivity contribution < 1.29 is 0 Å². The molecule has 0 aliphatic rings. The van der Waals surface area contributed by atoms with E-state index in [1.165, 1.54) is 12.8 Å². The molecule has 1 N–H and O–H groups in total. The number of nitrogens with zero attached hydrogens (tertiary/aromatic N) is 1. The van der Waals surface area contributed by atoms with Gasteiger partial charge in [0.05, 0.1) is 0 Å². The van der Waals surface area contributed by atoms with Crippen molar-refractivity contribution in [2.75, 3.05) is 0 Å². The molecule has 1 aromatic heterocycles. The fourth-order valence-electron chi connectivity index (χ4n) is 1.03. The van der Waals surface area contributed by atoms with Gasteiger partial charge < -0.3 is 4.98 Å². The Bertz CT molecular complexity index is 184. The molecule has 0 aromatic carbocycles. The summed E-state index contributed by atoms with van der Waals surface area (Å²) in [6.07, 6.45) is 7.08. The highest BCUT2D eigenvalue weighted by Gasteiger charge is 2.04. The maximum atomic E-state index is 4.15. The molecule has 0 saturated carbocycles. The van der Waals surface area contributed by atoms with Gasteiger partial charge in [0.1, 0.15) is 5.82 Å². The molecule has 1 unspecified atom stereocenters. The van der Waals surface area contributed by atoms with E-state index in [4.69, 9.17) is 0 Å². The minimum atomic E-state index is 0.568. The largest absolute Gasteiger partial charge is 0.349 e. The molecule has 1 aromatic rings. The SMILES string of the molecule is CCCC(Br)Cc1ncc[nH]1. The summed E-state index contributed by atoms with van der Waals surface area (Å²) in [5, 5.41) is 0. The molecule has 0 bridgehead atoms. The van der Waals surface area contributed by atoms with E-state index < -0.39 is 0 Å². The normalized spacial score (nSPS) is 13.3. The van der Waals surface area contributed by atoms with E-state index in [2.05, 4.69) is 32.8 Å². The quantitative estimate of drug-likeness (QED) is 0.771. The minimum absolute atomic E-state index is 0.568. The fraction of sp³-hybridized carbons (Fsp3) is 0.625. The molecule has 0 aliphatic carbocycles. The molecule has 0 spiro atoms. The zero-order valence-corrected chi connectivity index (χ0v) is 8.26. The van der Waals surface area contributed by atoms with E-state index >= 15 is 0 Å². The molecule has 3 heteroatoms. The van der Waals surface area contributed by atoms with Crippen molar-refractivity contribution in [2.24, 2.45) is 0 Å². The second-order valence-electron chi connectivity index (χ2n) is 2.63. The average Bonchev–Trinajstić information content (AvgIpc) is 2.40. The van der Waals surface area contributed by atoms with Crippen molar-refractivity contribution in [1.82, 2.24) is 9.97 Å². The topological polar surface area (TPSA) is 28.7 Å². The Hall–Kier alpha value is -0.310. The lowest BCUT2D eigenvalue weighted by Crippen LogP contribution is -2.03. The van der Waals surface area contributed by atoms with Crippen LogP contribution in [0, 0.1) is 0 Å². The second-order valence-corrected chi connectivity index (χ2v) is 3.92. The minimum Gasteiger partial charge on any atom is -0.349 e. The van der Waals surface area contributed by atoms with Crippen molar-refractivity contribution in [3.8, 4) is 0 Å². The first-order valence-electron chi connectivity index (χ1n) is 3.95. The van der Waals surface area contributed by atoms with Gasteiger partial charge in [0.15, 0.2) is 0 Å². The van der Waals surface area contributed by atoms with Gasteiger partial charge in [0.25, 0.3) is 0 Å². The summed E-state index contributed by atoms with van der Waals surface area (Å²) in [7, 11) is 0. The van der Waals surface area contributed by atoms with Gasteiger partial charge in [-0.05, 0) is 6.42 Å². The molecule has 0 saturated heterocycles. The number of nitrogens with one attached hydrogen (secondary N) is 1. The Morgan fingerprint density at radius 1 is 1.73 bits per heavy atom. The maximum Gasteiger partial charge on any atom is 0.107 e. The number of aromatic nitrogens is 2. The Labute approximate surface area is 75.6 Å². The number of aromatic amines is 1. The van der Waals surface area contributed by atoms with Gasteiger partial charge in [-0.3, -0.25) is 0 Å². The first-order valence-corrected chi connectivity index (χ1v) is 4.86. The van der Waals surface area contributed by atoms with Crippen LogP contribution in [-0.4, -0.2) is 14.8 Å². The summed E-state index contributed by atoms with van der Waals surface area (Å²) < 4.78 is 0. The molecule has 0 radical (unpaired) electrons. The van der Waals surface area contributed by atoms with Crippen molar-refractivity contribution in [2.45, 2.75) is 31.0 Å². The van der Waals surface area contributed by atoms with Crippen LogP contribution in [0.2, 0.25) is 0 Å². The molecule has 11 heavy (non-hydrogen) atoms. The zero-order valence-electron chi connectivity index (χ0n) is 6.68. The van der Waals surface area contributed by atoms with Crippen LogP contribution in [0.15, 0.2) is 12.4 Å². The zero-order chi connectivity index (χ0) is 8.10. The van der Waals surface area contributed by atoms with E-state index in [1.54, 1.807) is 6.20 Å². The monoisotopic (exact) mass is 216 g/mol. The predicted molar refractivity (Wildman–Crippen MR) is 49.9 cm³/mol. The molecular weight excluding hydrogens is 204 g/mol. The van der Waals surface area contributed by atoms with Crippen molar-refractivity contribution in [1.29, 1.82) is 0 Å². The molecule has 1 heterocycles. The molecule has 0 aliphatic heterocycles. The summed E-state index contributed by atoms with van der Waals surface area (Å²) in [5.41, 5.74) is 0. The summed E-state index contributed by atoms with van der Waals surface area (Å²) in [5.74, 6) is 1.07. The number of imidazole rings is 1. The van der Waals surface area contributed by atoms with Crippen LogP contribution in [0.4, 0.5) is 0 Å². The second kappa shape index (κ2) is 4.54. The van der Waals surface area contributed by atoms with Crippen LogP contribution in [0.1, 0.15) is 25.6 Å². The Morgan fingerprint density at radius 3 is 3.09 bits per heavy atom. The lowest BCUT2D eigenvalue weighted by atomic mass is 10.2. The van der Waals surface area contributed by atoms with Crippen LogP contribution < -0.4 is 0 Å². The molecule has 2 nitrogen and oxygen atoms in total. The first-order chi connectivity index (χ1) is 5.33. The third-order valence-corrected chi connectivity index (χ3v) is 2.35. The third-order valence-electron chi connectivity index (χ3n) is 1.57. The standard InChI is InChI=1S/C8H13BrN2/c1-2-3-7(9)6-8-10-4-5-11-8/h4-5,7H,2-3,6H2,1H3,(H,10,11). The number of alkyl halides is 1. The van der Waals surface area contributed by atoms with Crippen LogP contribution in [0.5, 0.6) is 0 Å². The van der Waals surface area contributed by atoms with Gasteiger partial charge in [-0.25, -0.2) is 4.98 Å². The maximum absolute atomic E-state index is 4.15. The molecule has 0 fully saturated rings. The average molecular weight is 217 g/mol. The summed E-state index contributed by atoms with van der Waals surface area (Å²) in [6, 6.07) is 0. The number of rotatable bonds is 4.